The summed E-state index contributed by atoms with van der Waals surface area (Å²) in [5.74, 6) is 0.678. The van der Waals surface area contributed by atoms with E-state index in [1.54, 1.807) is 6.20 Å². The maximum atomic E-state index is 5.70. The van der Waals surface area contributed by atoms with Gasteiger partial charge in [0, 0.05) is 42.7 Å². The van der Waals surface area contributed by atoms with E-state index < -0.39 is 0 Å². The van der Waals surface area contributed by atoms with Gasteiger partial charge in [0.05, 0.1) is 6.61 Å². The van der Waals surface area contributed by atoms with Crippen molar-refractivity contribution in [3.63, 3.8) is 0 Å². The van der Waals surface area contributed by atoms with Crippen LogP contribution in [0, 0.1) is 6.92 Å². The zero-order valence-electron chi connectivity index (χ0n) is 13.0. The van der Waals surface area contributed by atoms with Gasteiger partial charge < -0.3 is 10.1 Å². The van der Waals surface area contributed by atoms with Crippen molar-refractivity contribution < 1.29 is 4.74 Å². The van der Waals surface area contributed by atoms with Crippen molar-refractivity contribution in [2.75, 3.05) is 6.61 Å². The largest absolute Gasteiger partial charge is 0.477 e. The number of aromatic nitrogens is 2. The molecule has 1 N–H and O–H groups in total. The number of nitrogens with zero attached hydrogens (tertiary/aromatic N) is 2. The highest BCUT2D eigenvalue weighted by molar-refractivity contribution is 5.25. The third kappa shape index (κ3) is 5.16. The van der Waals surface area contributed by atoms with Crippen molar-refractivity contribution in [1.29, 1.82) is 0 Å². The second-order valence-corrected chi connectivity index (χ2v) is 5.35. The van der Waals surface area contributed by atoms with Crippen LogP contribution in [0.3, 0.4) is 0 Å². The first-order chi connectivity index (χ1) is 10.1. The van der Waals surface area contributed by atoms with Crippen LogP contribution in [-0.2, 0) is 13.0 Å². The smallest absolute Gasteiger partial charge is 0.213 e. The van der Waals surface area contributed by atoms with Gasteiger partial charge in [0.15, 0.2) is 0 Å². The van der Waals surface area contributed by atoms with E-state index in [0.29, 0.717) is 18.5 Å². The zero-order chi connectivity index (χ0) is 15.1. The molecule has 0 saturated heterocycles. The van der Waals surface area contributed by atoms with E-state index in [2.05, 4.69) is 35.2 Å². The van der Waals surface area contributed by atoms with Crippen LogP contribution in [0.4, 0.5) is 0 Å². The van der Waals surface area contributed by atoms with E-state index >= 15 is 0 Å². The lowest BCUT2D eigenvalue weighted by atomic mass is 10.2. The van der Waals surface area contributed by atoms with E-state index in [0.717, 1.165) is 24.4 Å². The number of hydrogen-bond donors (Lipinski definition) is 1. The maximum absolute atomic E-state index is 5.70. The van der Waals surface area contributed by atoms with Crippen molar-refractivity contribution in [2.45, 2.75) is 39.8 Å². The summed E-state index contributed by atoms with van der Waals surface area (Å²) >= 11 is 0. The van der Waals surface area contributed by atoms with E-state index in [1.807, 2.05) is 31.2 Å². The highest BCUT2D eigenvalue weighted by Crippen LogP contribution is 2.13. The van der Waals surface area contributed by atoms with Gasteiger partial charge in [-0.1, -0.05) is 26.0 Å². The Balaban J connectivity index is 1.85. The van der Waals surface area contributed by atoms with Crippen LogP contribution in [-0.4, -0.2) is 22.6 Å². The predicted molar refractivity (Wildman–Crippen MR) is 84.4 cm³/mol. The molecule has 0 aliphatic heterocycles. The summed E-state index contributed by atoms with van der Waals surface area (Å²) in [6.45, 7) is 7.72. The molecule has 2 rings (SSSR count). The molecule has 2 aromatic heterocycles. The maximum Gasteiger partial charge on any atom is 0.213 e. The van der Waals surface area contributed by atoms with Crippen molar-refractivity contribution in [3.05, 3.63) is 53.5 Å². The molecule has 0 bridgehead atoms. The number of nitrogens with one attached hydrogen (secondary N) is 1. The SMILES string of the molecule is Cc1nc(OCCc2ccccn2)ccc1CNC(C)C. The normalized spacial score (nSPS) is 10.9. The molecule has 0 radical (unpaired) electrons. The fraction of sp³-hybridized carbons (Fsp3) is 0.412. The van der Waals surface area contributed by atoms with Gasteiger partial charge in [-0.15, -0.1) is 0 Å². The Kier molecular flexibility index (Phi) is 5.69. The van der Waals surface area contributed by atoms with Crippen LogP contribution < -0.4 is 10.1 Å². The van der Waals surface area contributed by atoms with Gasteiger partial charge in [-0.05, 0) is 24.6 Å². The molecule has 2 heterocycles. The predicted octanol–water partition coefficient (Wildman–Crippen LogP) is 2.90. The summed E-state index contributed by atoms with van der Waals surface area (Å²) < 4.78 is 5.70. The molecule has 0 aromatic carbocycles. The first kappa shape index (κ1) is 15.4. The van der Waals surface area contributed by atoms with Gasteiger partial charge in [-0.3, -0.25) is 4.98 Å². The minimum absolute atomic E-state index is 0.471. The van der Waals surface area contributed by atoms with Crippen LogP contribution in [0.2, 0.25) is 0 Å². The van der Waals surface area contributed by atoms with Crippen molar-refractivity contribution >= 4 is 0 Å². The summed E-state index contributed by atoms with van der Waals surface area (Å²) in [6.07, 6.45) is 2.59. The number of hydrogen-bond acceptors (Lipinski definition) is 4. The Labute approximate surface area is 126 Å². The molecule has 0 spiro atoms. The van der Waals surface area contributed by atoms with Crippen molar-refractivity contribution in [2.24, 2.45) is 0 Å². The Bertz CT molecular complexity index is 555. The first-order valence-electron chi connectivity index (χ1n) is 7.38. The lowest BCUT2D eigenvalue weighted by Crippen LogP contribution is -2.22. The van der Waals surface area contributed by atoms with Gasteiger partial charge >= 0.3 is 0 Å². The highest BCUT2D eigenvalue weighted by atomic mass is 16.5. The van der Waals surface area contributed by atoms with E-state index in [1.165, 1.54) is 5.56 Å². The molecule has 0 saturated carbocycles. The Morgan fingerprint density at radius 2 is 2.05 bits per heavy atom. The molecule has 0 amide bonds. The van der Waals surface area contributed by atoms with Crippen LogP contribution in [0.25, 0.3) is 0 Å². The van der Waals surface area contributed by atoms with Gasteiger partial charge in [0.2, 0.25) is 5.88 Å². The molecule has 0 atom stereocenters. The lowest BCUT2D eigenvalue weighted by molar-refractivity contribution is 0.307. The fourth-order valence-corrected chi connectivity index (χ4v) is 1.95. The summed E-state index contributed by atoms with van der Waals surface area (Å²) in [4.78, 5) is 8.77. The summed E-state index contributed by atoms with van der Waals surface area (Å²) in [5, 5.41) is 3.40. The number of pyridine rings is 2. The van der Waals surface area contributed by atoms with Crippen molar-refractivity contribution in [1.82, 2.24) is 15.3 Å². The third-order valence-corrected chi connectivity index (χ3v) is 3.20. The van der Waals surface area contributed by atoms with E-state index in [9.17, 15) is 0 Å². The molecule has 21 heavy (non-hydrogen) atoms. The highest BCUT2D eigenvalue weighted by Gasteiger charge is 2.04. The van der Waals surface area contributed by atoms with E-state index in [-0.39, 0.29) is 0 Å². The number of rotatable bonds is 7. The molecule has 2 aromatic rings. The van der Waals surface area contributed by atoms with E-state index in [4.69, 9.17) is 4.74 Å². The molecular formula is C17H23N3O. The molecule has 0 unspecified atom stereocenters. The number of aryl methyl sites for hydroxylation is 1. The summed E-state index contributed by atoms with van der Waals surface area (Å²) in [6, 6.07) is 10.4. The molecule has 0 fully saturated rings. The standard InChI is InChI=1S/C17H23N3O/c1-13(2)19-12-15-7-8-17(20-14(15)3)21-11-9-16-6-4-5-10-18-16/h4-8,10,13,19H,9,11-12H2,1-3H3. The molecule has 112 valence electrons. The first-order valence-corrected chi connectivity index (χ1v) is 7.38. The molecule has 4 nitrogen and oxygen atoms in total. The van der Waals surface area contributed by atoms with Crippen LogP contribution >= 0.6 is 0 Å². The quantitative estimate of drug-likeness (QED) is 0.849. The summed E-state index contributed by atoms with van der Waals surface area (Å²) in [5.41, 5.74) is 3.26. The minimum Gasteiger partial charge on any atom is -0.477 e. The third-order valence-electron chi connectivity index (χ3n) is 3.20. The molecule has 0 aliphatic carbocycles. The Morgan fingerprint density at radius 3 is 2.71 bits per heavy atom. The molecule has 4 heteroatoms. The van der Waals surface area contributed by atoms with Gasteiger partial charge in [-0.25, -0.2) is 4.98 Å². The van der Waals surface area contributed by atoms with Gasteiger partial charge in [-0.2, -0.15) is 0 Å². The van der Waals surface area contributed by atoms with Crippen LogP contribution in [0.5, 0.6) is 5.88 Å². The van der Waals surface area contributed by atoms with Crippen LogP contribution in [0.1, 0.15) is 30.8 Å². The monoisotopic (exact) mass is 285 g/mol. The Morgan fingerprint density at radius 1 is 1.19 bits per heavy atom. The van der Waals surface area contributed by atoms with Crippen LogP contribution in [0.15, 0.2) is 36.5 Å². The minimum atomic E-state index is 0.471. The van der Waals surface area contributed by atoms with Gasteiger partial charge in [0.25, 0.3) is 0 Å². The zero-order valence-corrected chi connectivity index (χ0v) is 13.0. The fourth-order valence-electron chi connectivity index (χ4n) is 1.95. The topological polar surface area (TPSA) is 47.0 Å². The van der Waals surface area contributed by atoms with Gasteiger partial charge in [0.1, 0.15) is 0 Å². The summed E-state index contributed by atoms with van der Waals surface area (Å²) in [7, 11) is 0. The average Bonchev–Trinajstić information content (AvgIpc) is 2.47. The molecule has 0 aliphatic rings. The average molecular weight is 285 g/mol. The number of ether oxygens (including phenoxy) is 1. The second-order valence-electron chi connectivity index (χ2n) is 5.35. The van der Waals surface area contributed by atoms with Crippen molar-refractivity contribution in [3.8, 4) is 5.88 Å². The Hall–Kier alpha value is -1.94. The molecular weight excluding hydrogens is 262 g/mol. The lowest BCUT2D eigenvalue weighted by Gasteiger charge is -2.11. The second kappa shape index (κ2) is 7.74.